The Labute approximate surface area is 76.2 Å². The molecule has 0 radical (unpaired) electrons. The standard InChI is InChI=1S/C10H20S/c1-2-6-10(11)9-7-4-3-5-8-9/h9-11H,2-8H2,1H3. The first-order valence-corrected chi connectivity index (χ1v) is 5.54. The van der Waals surface area contributed by atoms with Crippen LogP contribution in [-0.4, -0.2) is 5.25 Å². The van der Waals surface area contributed by atoms with E-state index in [1.54, 1.807) is 0 Å². The first kappa shape index (κ1) is 9.44. The zero-order valence-corrected chi connectivity index (χ0v) is 8.45. The second-order valence-corrected chi connectivity index (χ2v) is 4.42. The van der Waals surface area contributed by atoms with Gasteiger partial charge in [0.25, 0.3) is 0 Å². The van der Waals surface area contributed by atoms with Crippen LogP contribution in [0.1, 0.15) is 51.9 Å². The van der Waals surface area contributed by atoms with E-state index in [1.165, 1.54) is 44.9 Å². The third-order valence-electron chi connectivity index (χ3n) is 2.78. The SMILES string of the molecule is CCCC(S)C1CCCCC1. The van der Waals surface area contributed by atoms with Gasteiger partial charge >= 0.3 is 0 Å². The molecular weight excluding hydrogens is 152 g/mol. The molecule has 0 bridgehead atoms. The van der Waals surface area contributed by atoms with Crippen LogP contribution in [-0.2, 0) is 0 Å². The average Bonchev–Trinajstić information content (AvgIpc) is 2.07. The van der Waals surface area contributed by atoms with Crippen LogP contribution < -0.4 is 0 Å². The normalized spacial score (nSPS) is 23.5. The number of hydrogen-bond acceptors (Lipinski definition) is 1. The van der Waals surface area contributed by atoms with Crippen molar-refractivity contribution in [3.8, 4) is 0 Å². The molecule has 1 saturated carbocycles. The monoisotopic (exact) mass is 172 g/mol. The van der Waals surface area contributed by atoms with Gasteiger partial charge in [-0.2, -0.15) is 12.6 Å². The summed E-state index contributed by atoms with van der Waals surface area (Å²) in [6.45, 7) is 2.26. The Morgan fingerprint density at radius 2 is 1.91 bits per heavy atom. The van der Waals surface area contributed by atoms with Gasteiger partial charge < -0.3 is 0 Å². The molecular formula is C10H20S. The highest BCUT2D eigenvalue weighted by Gasteiger charge is 2.19. The van der Waals surface area contributed by atoms with Gasteiger partial charge in [0.05, 0.1) is 0 Å². The molecule has 0 nitrogen and oxygen atoms in total. The summed E-state index contributed by atoms with van der Waals surface area (Å²) < 4.78 is 0. The molecule has 1 atom stereocenters. The van der Waals surface area contributed by atoms with E-state index in [1.807, 2.05) is 0 Å². The van der Waals surface area contributed by atoms with Gasteiger partial charge in [-0.1, -0.05) is 32.6 Å². The van der Waals surface area contributed by atoms with Crippen LogP contribution in [0.15, 0.2) is 0 Å². The zero-order chi connectivity index (χ0) is 8.10. The molecule has 0 spiro atoms. The second-order valence-electron chi connectivity index (χ2n) is 3.75. The van der Waals surface area contributed by atoms with E-state index in [-0.39, 0.29) is 0 Å². The lowest BCUT2D eigenvalue weighted by molar-refractivity contribution is 0.341. The van der Waals surface area contributed by atoms with Crippen LogP contribution in [0, 0.1) is 5.92 Å². The average molecular weight is 172 g/mol. The van der Waals surface area contributed by atoms with Gasteiger partial charge in [-0.05, 0) is 25.2 Å². The van der Waals surface area contributed by atoms with Crippen molar-refractivity contribution in [2.75, 3.05) is 0 Å². The van der Waals surface area contributed by atoms with E-state index in [4.69, 9.17) is 0 Å². The van der Waals surface area contributed by atoms with E-state index in [0.717, 1.165) is 5.92 Å². The maximum atomic E-state index is 4.65. The summed E-state index contributed by atoms with van der Waals surface area (Å²) in [5.41, 5.74) is 0. The summed E-state index contributed by atoms with van der Waals surface area (Å²) in [4.78, 5) is 0. The molecule has 0 aromatic carbocycles. The number of thiol groups is 1. The van der Waals surface area contributed by atoms with E-state index in [0.29, 0.717) is 5.25 Å². The molecule has 1 fully saturated rings. The summed E-state index contributed by atoms with van der Waals surface area (Å²) >= 11 is 4.65. The lowest BCUT2D eigenvalue weighted by atomic mass is 9.85. The highest BCUT2D eigenvalue weighted by molar-refractivity contribution is 7.81. The minimum atomic E-state index is 0.695. The maximum absolute atomic E-state index is 4.65. The minimum Gasteiger partial charge on any atom is -0.176 e. The zero-order valence-electron chi connectivity index (χ0n) is 7.55. The van der Waals surface area contributed by atoms with E-state index in [9.17, 15) is 0 Å². The summed E-state index contributed by atoms with van der Waals surface area (Å²) in [6, 6.07) is 0. The fourth-order valence-electron chi connectivity index (χ4n) is 2.05. The molecule has 0 N–H and O–H groups in total. The second kappa shape index (κ2) is 5.08. The van der Waals surface area contributed by atoms with Crippen molar-refractivity contribution in [2.45, 2.75) is 57.1 Å². The Hall–Kier alpha value is 0.350. The molecule has 1 rings (SSSR count). The van der Waals surface area contributed by atoms with Crippen molar-refractivity contribution in [1.82, 2.24) is 0 Å². The van der Waals surface area contributed by atoms with Crippen LogP contribution in [0.4, 0.5) is 0 Å². The third kappa shape index (κ3) is 3.06. The largest absolute Gasteiger partial charge is 0.176 e. The predicted molar refractivity (Wildman–Crippen MR) is 54.3 cm³/mol. The molecule has 11 heavy (non-hydrogen) atoms. The Morgan fingerprint density at radius 1 is 1.27 bits per heavy atom. The minimum absolute atomic E-state index is 0.695. The van der Waals surface area contributed by atoms with Crippen molar-refractivity contribution < 1.29 is 0 Å². The maximum Gasteiger partial charge on any atom is 0.00449 e. The first-order valence-electron chi connectivity index (χ1n) is 5.02. The lowest BCUT2D eigenvalue weighted by Crippen LogP contribution is -2.17. The molecule has 0 aromatic heterocycles. The summed E-state index contributed by atoms with van der Waals surface area (Å²) in [5, 5.41) is 0.695. The van der Waals surface area contributed by atoms with Gasteiger partial charge in [0.15, 0.2) is 0 Å². The summed E-state index contributed by atoms with van der Waals surface area (Å²) in [6.07, 6.45) is 9.85. The number of rotatable bonds is 3. The van der Waals surface area contributed by atoms with Gasteiger partial charge in [0, 0.05) is 5.25 Å². The van der Waals surface area contributed by atoms with Crippen molar-refractivity contribution in [3.05, 3.63) is 0 Å². The smallest absolute Gasteiger partial charge is 0.00449 e. The van der Waals surface area contributed by atoms with Crippen molar-refractivity contribution >= 4 is 12.6 Å². The van der Waals surface area contributed by atoms with Crippen LogP contribution in [0.2, 0.25) is 0 Å². The van der Waals surface area contributed by atoms with Crippen LogP contribution >= 0.6 is 12.6 Å². The predicted octanol–water partition coefficient (Wildman–Crippen LogP) is 3.67. The van der Waals surface area contributed by atoms with Gasteiger partial charge in [-0.15, -0.1) is 0 Å². The quantitative estimate of drug-likeness (QED) is 0.617. The van der Waals surface area contributed by atoms with Crippen molar-refractivity contribution in [1.29, 1.82) is 0 Å². The first-order chi connectivity index (χ1) is 5.34. The molecule has 0 heterocycles. The fourth-order valence-corrected chi connectivity index (χ4v) is 2.61. The fraction of sp³-hybridized carbons (Fsp3) is 1.00. The highest BCUT2D eigenvalue weighted by atomic mass is 32.1. The van der Waals surface area contributed by atoms with E-state index >= 15 is 0 Å². The molecule has 0 aromatic rings. The van der Waals surface area contributed by atoms with Gasteiger partial charge in [0.2, 0.25) is 0 Å². The summed E-state index contributed by atoms with van der Waals surface area (Å²) in [5.74, 6) is 0.937. The van der Waals surface area contributed by atoms with Crippen LogP contribution in [0.3, 0.4) is 0 Å². The Balaban J connectivity index is 2.21. The molecule has 1 aliphatic carbocycles. The Kier molecular flexibility index (Phi) is 4.36. The van der Waals surface area contributed by atoms with Crippen LogP contribution in [0.25, 0.3) is 0 Å². The Morgan fingerprint density at radius 3 is 2.45 bits per heavy atom. The van der Waals surface area contributed by atoms with E-state index in [2.05, 4.69) is 19.6 Å². The third-order valence-corrected chi connectivity index (χ3v) is 3.46. The number of hydrogen-bond donors (Lipinski definition) is 1. The van der Waals surface area contributed by atoms with Gasteiger partial charge in [-0.25, -0.2) is 0 Å². The highest BCUT2D eigenvalue weighted by Crippen LogP contribution is 2.30. The van der Waals surface area contributed by atoms with E-state index < -0.39 is 0 Å². The lowest BCUT2D eigenvalue weighted by Gasteiger charge is -2.26. The molecule has 0 amide bonds. The van der Waals surface area contributed by atoms with Crippen molar-refractivity contribution in [2.24, 2.45) is 5.92 Å². The summed E-state index contributed by atoms with van der Waals surface area (Å²) in [7, 11) is 0. The topological polar surface area (TPSA) is 0 Å². The van der Waals surface area contributed by atoms with Crippen LogP contribution in [0.5, 0.6) is 0 Å². The molecule has 0 saturated heterocycles. The Bertz CT molecular complexity index is 95.0. The molecule has 0 aliphatic heterocycles. The molecule has 1 unspecified atom stereocenters. The van der Waals surface area contributed by atoms with Gasteiger partial charge in [0.1, 0.15) is 0 Å². The molecule has 1 heteroatoms. The van der Waals surface area contributed by atoms with Gasteiger partial charge in [-0.3, -0.25) is 0 Å². The van der Waals surface area contributed by atoms with Crippen molar-refractivity contribution in [3.63, 3.8) is 0 Å². The molecule has 66 valence electrons. The molecule has 1 aliphatic rings.